The van der Waals surface area contributed by atoms with Crippen molar-refractivity contribution in [1.29, 1.82) is 0 Å². The highest BCUT2D eigenvalue weighted by Gasteiger charge is 2.30. The number of phosphoric ester groups is 2. The molecular formula is C82H156O17P2. The van der Waals surface area contributed by atoms with Crippen LogP contribution in [0.2, 0.25) is 0 Å². The Morgan fingerprint density at radius 1 is 0.307 bits per heavy atom. The molecule has 19 heteroatoms. The van der Waals surface area contributed by atoms with Crippen LogP contribution in [-0.4, -0.2) is 96.7 Å². The number of hydrogen-bond donors (Lipinski definition) is 3. The summed E-state index contributed by atoms with van der Waals surface area (Å²) in [5.41, 5.74) is 0. The van der Waals surface area contributed by atoms with Gasteiger partial charge in [-0.2, -0.15) is 0 Å². The van der Waals surface area contributed by atoms with Gasteiger partial charge in [0.1, 0.15) is 19.3 Å². The molecule has 0 fully saturated rings. The smallest absolute Gasteiger partial charge is 0.462 e. The van der Waals surface area contributed by atoms with Gasteiger partial charge >= 0.3 is 39.5 Å². The molecule has 0 radical (unpaired) electrons. The summed E-state index contributed by atoms with van der Waals surface area (Å²) in [7, 11) is -9.93. The van der Waals surface area contributed by atoms with Crippen LogP contribution in [0.4, 0.5) is 0 Å². The number of esters is 4. The average molecular weight is 1480 g/mol. The molecule has 0 bridgehead atoms. The van der Waals surface area contributed by atoms with Gasteiger partial charge in [-0.15, -0.1) is 0 Å². The number of aliphatic hydroxyl groups is 1. The number of carbonyl (C=O) groups excluding carboxylic acids is 4. The molecule has 0 aliphatic heterocycles. The maximum absolute atomic E-state index is 13.1. The first-order chi connectivity index (χ1) is 49.0. The first kappa shape index (κ1) is 98.5. The topological polar surface area (TPSA) is 237 Å². The summed E-state index contributed by atoms with van der Waals surface area (Å²) in [6, 6.07) is 0. The second-order valence-corrected chi connectivity index (χ2v) is 32.2. The summed E-state index contributed by atoms with van der Waals surface area (Å²) in [5, 5.41) is 10.6. The summed E-state index contributed by atoms with van der Waals surface area (Å²) in [5.74, 6) is -1.46. The highest BCUT2D eigenvalue weighted by atomic mass is 31.2. The third-order valence-electron chi connectivity index (χ3n) is 18.7. The van der Waals surface area contributed by atoms with Gasteiger partial charge in [0.15, 0.2) is 12.2 Å². The quantitative estimate of drug-likeness (QED) is 0.0169. The van der Waals surface area contributed by atoms with Gasteiger partial charge in [-0.3, -0.25) is 37.3 Å². The molecule has 0 amide bonds. The molecule has 101 heavy (non-hydrogen) atoms. The van der Waals surface area contributed by atoms with Gasteiger partial charge in [0.25, 0.3) is 0 Å². The van der Waals surface area contributed by atoms with Gasteiger partial charge in [-0.1, -0.05) is 361 Å². The Bertz CT molecular complexity index is 2020. The van der Waals surface area contributed by atoms with Crippen molar-refractivity contribution in [2.24, 2.45) is 5.92 Å². The van der Waals surface area contributed by atoms with Crippen molar-refractivity contribution >= 4 is 39.5 Å². The Hall–Kier alpha value is -2.46. The van der Waals surface area contributed by atoms with Crippen molar-refractivity contribution in [3.05, 3.63) is 24.3 Å². The third-order valence-corrected chi connectivity index (χ3v) is 20.6. The van der Waals surface area contributed by atoms with Crippen LogP contribution in [-0.2, 0) is 65.4 Å². The maximum Gasteiger partial charge on any atom is 0.472 e. The zero-order valence-corrected chi connectivity index (χ0v) is 67.3. The van der Waals surface area contributed by atoms with E-state index in [0.717, 1.165) is 109 Å². The second-order valence-electron chi connectivity index (χ2n) is 29.3. The van der Waals surface area contributed by atoms with Crippen LogP contribution in [0, 0.1) is 5.92 Å². The molecule has 0 spiro atoms. The number of ether oxygens (including phenoxy) is 4. The highest BCUT2D eigenvalue weighted by molar-refractivity contribution is 7.47. The minimum absolute atomic E-state index is 0.0844. The van der Waals surface area contributed by atoms with Crippen LogP contribution in [0.3, 0.4) is 0 Å². The summed E-state index contributed by atoms with van der Waals surface area (Å²) < 4.78 is 68.7. The summed E-state index contributed by atoms with van der Waals surface area (Å²) in [4.78, 5) is 73.0. The first-order valence-corrected chi connectivity index (χ1v) is 44.9. The fraction of sp³-hybridized carbons (Fsp3) is 0.902. The Morgan fingerprint density at radius 3 is 0.812 bits per heavy atom. The van der Waals surface area contributed by atoms with Crippen LogP contribution in [0.1, 0.15) is 413 Å². The Morgan fingerprint density at radius 2 is 0.535 bits per heavy atom. The molecule has 0 aliphatic carbocycles. The molecule has 3 N–H and O–H groups in total. The van der Waals surface area contributed by atoms with Crippen LogP contribution < -0.4 is 0 Å². The minimum Gasteiger partial charge on any atom is -0.462 e. The van der Waals surface area contributed by atoms with Crippen LogP contribution in [0.25, 0.3) is 0 Å². The van der Waals surface area contributed by atoms with Gasteiger partial charge in [0, 0.05) is 25.7 Å². The largest absolute Gasteiger partial charge is 0.472 e. The van der Waals surface area contributed by atoms with Crippen LogP contribution in [0.15, 0.2) is 24.3 Å². The Balaban J connectivity index is 5.25. The average Bonchev–Trinajstić information content (AvgIpc) is 0.935. The zero-order valence-electron chi connectivity index (χ0n) is 65.5. The lowest BCUT2D eigenvalue weighted by Crippen LogP contribution is -2.30. The number of hydrogen-bond acceptors (Lipinski definition) is 15. The monoisotopic (exact) mass is 1480 g/mol. The van der Waals surface area contributed by atoms with E-state index in [0.29, 0.717) is 31.6 Å². The van der Waals surface area contributed by atoms with E-state index in [4.69, 9.17) is 37.0 Å². The predicted octanol–water partition coefficient (Wildman–Crippen LogP) is 24.4. The summed E-state index contributed by atoms with van der Waals surface area (Å²) >= 11 is 0. The lowest BCUT2D eigenvalue weighted by atomic mass is 10.0. The SMILES string of the molecule is CCCCCC/C=C\C=C/CCCCCCCC(=O)O[C@H](COC(=O)CCCCCCCCC(C)C)COP(=O)(O)OC[C@H](O)COP(=O)(O)OC[C@@H](COC(=O)CCCCCCCCCCCCCCCCCCCC)OC(=O)CCCCCCCCCCCCCCCCCCCCC. The lowest BCUT2D eigenvalue weighted by Gasteiger charge is -2.21. The standard InChI is InChI=1S/C82H156O17P2/c1-6-9-12-15-18-21-24-27-30-32-34-36-39-42-45-48-51-58-63-67-81(86)98-77(71-92-79(84)65-60-55-49-46-43-40-38-35-33-31-28-25-22-19-16-13-10-7-2)73-96-100(88,89)94-69-76(83)70-95-101(90,91)97-74-78(72-93-80(85)66-61-56-53-52-54-59-64-75(4)5)99-82(87)68-62-57-50-47-44-41-37-29-26-23-20-17-14-11-8-3/h23,26,29,37,75-78,83H,6-22,24-25,27-28,30-36,38-74H2,1-5H3,(H,88,89)(H,90,91)/b26-23-,37-29-/t76-,77-,78-/m1/s1. The van der Waals surface area contributed by atoms with Crippen LogP contribution in [0.5, 0.6) is 0 Å². The van der Waals surface area contributed by atoms with Crippen molar-refractivity contribution in [1.82, 2.24) is 0 Å². The number of carbonyl (C=O) groups is 4. The Labute approximate surface area is 618 Å². The van der Waals surface area contributed by atoms with Crippen LogP contribution >= 0.6 is 15.6 Å². The number of allylic oxidation sites excluding steroid dienone is 4. The van der Waals surface area contributed by atoms with E-state index in [1.807, 2.05) is 0 Å². The van der Waals surface area contributed by atoms with E-state index in [1.54, 1.807) is 0 Å². The molecule has 0 aliphatic rings. The zero-order chi connectivity index (χ0) is 74.1. The maximum atomic E-state index is 13.1. The minimum atomic E-state index is -4.97. The number of phosphoric acid groups is 2. The van der Waals surface area contributed by atoms with E-state index in [1.165, 1.54) is 218 Å². The molecule has 0 heterocycles. The molecule has 0 rings (SSSR count). The van der Waals surface area contributed by atoms with Gasteiger partial charge in [-0.25, -0.2) is 9.13 Å². The van der Waals surface area contributed by atoms with Gasteiger partial charge < -0.3 is 33.8 Å². The van der Waals surface area contributed by atoms with E-state index < -0.39 is 97.5 Å². The molecule has 0 aromatic rings. The second kappa shape index (κ2) is 74.4. The molecule has 17 nitrogen and oxygen atoms in total. The first-order valence-electron chi connectivity index (χ1n) is 42.0. The fourth-order valence-corrected chi connectivity index (χ4v) is 13.8. The number of unbranched alkanes of at least 4 members (excludes halogenated alkanes) is 49. The van der Waals surface area contributed by atoms with E-state index in [-0.39, 0.29) is 25.7 Å². The Kier molecular flexibility index (Phi) is 72.6. The predicted molar refractivity (Wildman–Crippen MR) is 414 cm³/mol. The van der Waals surface area contributed by atoms with E-state index >= 15 is 0 Å². The van der Waals surface area contributed by atoms with Gasteiger partial charge in [0.05, 0.1) is 26.4 Å². The van der Waals surface area contributed by atoms with Gasteiger partial charge in [-0.05, 0) is 57.3 Å². The van der Waals surface area contributed by atoms with E-state index in [9.17, 15) is 43.2 Å². The molecule has 596 valence electrons. The summed E-state index contributed by atoms with van der Waals surface area (Å²) in [6.45, 7) is 7.18. The molecular weight excluding hydrogens is 1320 g/mol. The molecule has 0 aromatic heterocycles. The number of aliphatic hydroxyl groups excluding tert-OH is 1. The normalized spacial score (nSPS) is 14.0. The lowest BCUT2D eigenvalue weighted by molar-refractivity contribution is -0.161. The van der Waals surface area contributed by atoms with Crippen molar-refractivity contribution < 1.29 is 80.2 Å². The van der Waals surface area contributed by atoms with E-state index in [2.05, 4.69) is 58.9 Å². The highest BCUT2D eigenvalue weighted by Crippen LogP contribution is 2.45. The fourth-order valence-electron chi connectivity index (χ4n) is 12.2. The molecule has 0 saturated carbocycles. The molecule has 5 atom stereocenters. The number of rotatable bonds is 80. The van der Waals surface area contributed by atoms with Crippen molar-refractivity contribution in [2.45, 2.75) is 432 Å². The molecule has 2 unspecified atom stereocenters. The van der Waals surface area contributed by atoms with Crippen molar-refractivity contribution in [2.75, 3.05) is 39.6 Å². The van der Waals surface area contributed by atoms with Crippen molar-refractivity contribution in [3.63, 3.8) is 0 Å². The molecule has 0 aromatic carbocycles. The summed E-state index contributed by atoms with van der Waals surface area (Å²) in [6.07, 6.45) is 69.0. The van der Waals surface area contributed by atoms with Gasteiger partial charge in [0.2, 0.25) is 0 Å². The van der Waals surface area contributed by atoms with Crippen molar-refractivity contribution in [3.8, 4) is 0 Å². The molecule has 0 saturated heterocycles. The third kappa shape index (κ3) is 75.6.